The first-order valence-electron chi connectivity index (χ1n) is 8.28. The minimum Gasteiger partial charge on any atom is -0.497 e. The largest absolute Gasteiger partial charge is 0.497 e. The van der Waals surface area contributed by atoms with Gasteiger partial charge in [-0.1, -0.05) is 18.2 Å². The Morgan fingerprint density at radius 1 is 1.12 bits per heavy atom. The number of benzene rings is 2. The van der Waals surface area contributed by atoms with Crippen LogP contribution in [0, 0.1) is 6.92 Å². The maximum atomic E-state index is 12.1. The number of nitrogens with zero attached hydrogens (tertiary/aromatic N) is 1. The second kappa shape index (κ2) is 8.71. The van der Waals surface area contributed by atoms with Gasteiger partial charge >= 0.3 is 0 Å². The Labute approximate surface area is 154 Å². The van der Waals surface area contributed by atoms with Gasteiger partial charge in [-0.3, -0.25) is 9.10 Å². The molecule has 0 aliphatic heterocycles. The summed E-state index contributed by atoms with van der Waals surface area (Å²) in [5.41, 5.74) is 2.20. The number of carbonyl (C=O) groups is 1. The zero-order valence-electron chi connectivity index (χ0n) is 15.2. The van der Waals surface area contributed by atoms with Gasteiger partial charge in [0.2, 0.25) is 15.9 Å². The van der Waals surface area contributed by atoms with Crippen LogP contribution in [0.3, 0.4) is 0 Å². The third kappa shape index (κ3) is 5.49. The van der Waals surface area contributed by atoms with Gasteiger partial charge in [0.1, 0.15) is 5.75 Å². The first-order valence-corrected chi connectivity index (χ1v) is 10.1. The maximum absolute atomic E-state index is 12.1. The van der Waals surface area contributed by atoms with Crippen molar-refractivity contribution < 1.29 is 17.9 Å². The van der Waals surface area contributed by atoms with E-state index in [1.165, 1.54) is 10.6 Å². The molecule has 0 saturated heterocycles. The summed E-state index contributed by atoms with van der Waals surface area (Å²) in [6.07, 6.45) is 1.82. The van der Waals surface area contributed by atoms with E-state index in [0.717, 1.165) is 5.56 Å². The number of carbonyl (C=O) groups excluding carboxylic acids is 1. The molecule has 26 heavy (non-hydrogen) atoms. The average Bonchev–Trinajstić information content (AvgIpc) is 2.59. The van der Waals surface area contributed by atoms with Crippen molar-refractivity contribution in [2.24, 2.45) is 0 Å². The Balaban J connectivity index is 1.94. The van der Waals surface area contributed by atoms with Crippen molar-refractivity contribution >= 4 is 27.3 Å². The van der Waals surface area contributed by atoms with E-state index in [1.807, 2.05) is 19.1 Å². The first-order chi connectivity index (χ1) is 12.3. The molecular formula is C19H24N2O4S. The lowest BCUT2D eigenvalue weighted by Gasteiger charge is -2.24. The van der Waals surface area contributed by atoms with Gasteiger partial charge in [0.25, 0.3) is 0 Å². The number of nitrogens with one attached hydrogen (secondary N) is 1. The lowest BCUT2D eigenvalue weighted by atomic mass is 10.2. The van der Waals surface area contributed by atoms with E-state index in [1.54, 1.807) is 43.5 Å². The highest BCUT2D eigenvalue weighted by atomic mass is 32.2. The summed E-state index contributed by atoms with van der Waals surface area (Å²) in [6, 6.07) is 14.3. The molecule has 0 saturated carbocycles. The predicted octanol–water partition coefficient (Wildman–Crippen LogP) is 3.19. The zero-order chi connectivity index (χ0) is 19.2. The molecule has 6 nitrogen and oxygen atoms in total. The number of sulfonamides is 1. The van der Waals surface area contributed by atoms with Crippen molar-refractivity contribution in [3.8, 4) is 5.75 Å². The summed E-state index contributed by atoms with van der Waals surface area (Å²) in [6.45, 7) is 2.11. The van der Waals surface area contributed by atoms with Gasteiger partial charge < -0.3 is 10.1 Å². The van der Waals surface area contributed by atoms with E-state index >= 15 is 0 Å². The molecule has 2 aromatic rings. The Morgan fingerprint density at radius 2 is 1.77 bits per heavy atom. The minimum atomic E-state index is -3.42. The fourth-order valence-electron chi connectivity index (χ4n) is 2.59. The zero-order valence-corrected chi connectivity index (χ0v) is 16.0. The van der Waals surface area contributed by atoms with Gasteiger partial charge in [0.15, 0.2) is 0 Å². The van der Waals surface area contributed by atoms with E-state index in [2.05, 4.69) is 5.32 Å². The molecule has 0 aliphatic carbocycles. The second-order valence-electron chi connectivity index (χ2n) is 6.00. The third-order valence-corrected chi connectivity index (χ3v) is 5.10. The Bertz CT molecular complexity index is 848. The molecule has 140 valence electrons. The fraction of sp³-hybridized carbons (Fsp3) is 0.316. The van der Waals surface area contributed by atoms with E-state index in [9.17, 15) is 13.2 Å². The molecule has 1 N–H and O–H groups in total. The molecule has 0 fully saturated rings. The SMILES string of the molecule is COc1ccc(NC(=O)CCCN(c2ccccc2C)S(C)(=O)=O)cc1. The number of aryl methyl sites for hydroxylation is 1. The topological polar surface area (TPSA) is 75.7 Å². The Kier molecular flexibility index (Phi) is 6.63. The van der Waals surface area contributed by atoms with Gasteiger partial charge in [-0.25, -0.2) is 8.42 Å². The van der Waals surface area contributed by atoms with Crippen molar-refractivity contribution in [3.05, 3.63) is 54.1 Å². The third-order valence-electron chi connectivity index (χ3n) is 3.92. The number of ether oxygens (including phenoxy) is 1. The van der Waals surface area contributed by atoms with Crippen LogP contribution in [-0.2, 0) is 14.8 Å². The molecule has 0 spiro atoms. The van der Waals surface area contributed by atoms with E-state index in [4.69, 9.17) is 4.74 Å². The molecule has 0 aromatic heterocycles. The molecule has 0 aliphatic rings. The smallest absolute Gasteiger partial charge is 0.232 e. The van der Waals surface area contributed by atoms with Crippen molar-refractivity contribution in [1.29, 1.82) is 0 Å². The van der Waals surface area contributed by atoms with Gasteiger partial charge in [-0.15, -0.1) is 0 Å². The van der Waals surface area contributed by atoms with E-state index < -0.39 is 10.0 Å². The van der Waals surface area contributed by atoms with Crippen LogP contribution in [0.5, 0.6) is 5.75 Å². The second-order valence-corrected chi connectivity index (χ2v) is 7.91. The molecule has 2 aromatic carbocycles. The number of para-hydroxylation sites is 1. The summed E-state index contributed by atoms with van der Waals surface area (Å²) >= 11 is 0. The first kappa shape index (κ1) is 19.8. The van der Waals surface area contributed by atoms with Crippen LogP contribution in [0.1, 0.15) is 18.4 Å². The lowest BCUT2D eigenvalue weighted by molar-refractivity contribution is -0.116. The summed E-state index contributed by atoms with van der Waals surface area (Å²) in [4.78, 5) is 12.1. The minimum absolute atomic E-state index is 0.159. The molecular weight excluding hydrogens is 352 g/mol. The number of amides is 1. The van der Waals surface area contributed by atoms with Gasteiger partial charge in [0.05, 0.1) is 19.1 Å². The molecule has 2 rings (SSSR count). The maximum Gasteiger partial charge on any atom is 0.232 e. The van der Waals surface area contributed by atoms with E-state index in [0.29, 0.717) is 23.5 Å². The van der Waals surface area contributed by atoms with Crippen LogP contribution in [0.2, 0.25) is 0 Å². The average molecular weight is 376 g/mol. The summed E-state index contributed by atoms with van der Waals surface area (Å²) in [7, 11) is -1.84. The van der Waals surface area contributed by atoms with Crippen molar-refractivity contribution in [1.82, 2.24) is 0 Å². The summed E-state index contributed by atoms with van der Waals surface area (Å²) in [5.74, 6) is 0.554. The monoisotopic (exact) mass is 376 g/mol. The van der Waals surface area contributed by atoms with Crippen LogP contribution in [0.25, 0.3) is 0 Å². The van der Waals surface area contributed by atoms with Gasteiger partial charge in [0, 0.05) is 18.7 Å². The Hall–Kier alpha value is -2.54. The fourth-order valence-corrected chi connectivity index (χ4v) is 3.61. The van der Waals surface area contributed by atoms with Crippen LogP contribution in [0.4, 0.5) is 11.4 Å². The van der Waals surface area contributed by atoms with Crippen LogP contribution in [0.15, 0.2) is 48.5 Å². The van der Waals surface area contributed by atoms with Crippen LogP contribution >= 0.6 is 0 Å². The van der Waals surface area contributed by atoms with Crippen molar-refractivity contribution in [3.63, 3.8) is 0 Å². The number of anilines is 2. The standard InChI is InChI=1S/C19H24N2O4S/c1-15-7-4-5-8-18(15)21(26(3,23)24)14-6-9-19(22)20-16-10-12-17(25-2)13-11-16/h4-5,7-8,10-13H,6,9,14H2,1-3H3,(H,20,22). The molecule has 0 heterocycles. The van der Waals surface area contributed by atoms with Crippen molar-refractivity contribution in [2.75, 3.05) is 29.5 Å². The van der Waals surface area contributed by atoms with Gasteiger partial charge in [-0.05, 0) is 49.2 Å². The highest BCUT2D eigenvalue weighted by Gasteiger charge is 2.19. The highest BCUT2D eigenvalue weighted by Crippen LogP contribution is 2.22. The normalized spacial score (nSPS) is 11.0. The quantitative estimate of drug-likeness (QED) is 0.768. The van der Waals surface area contributed by atoms with Crippen molar-refractivity contribution in [2.45, 2.75) is 19.8 Å². The van der Waals surface area contributed by atoms with Crippen LogP contribution in [-0.4, -0.2) is 34.2 Å². The van der Waals surface area contributed by atoms with E-state index in [-0.39, 0.29) is 18.9 Å². The number of rotatable bonds is 8. The lowest BCUT2D eigenvalue weighted by Crippen LogP contribution is -2.32. The number of hydrogen-bond acceptors (Lipinski definition) is 4. The summed E-state index contributed by atoms with van der Waals surface area (Å²) < 4.78 is 30.7. The molecule has 0 unspecified atom stereocenters. The molecule has 7 heteroatoms. The highest BCUT2D eigenvalue weighted by molar-refractivity contribution is 7.92. The van der Waals surface area contributed by atoms with Gasteiger partial charge in [-0.2, -0.15) is 0 Å². The number of methoxy groups -OCH3 is 1. The molecule has 0 radical (unpaired) electrons. The predicted molar refractivity (Wildman–Crippen MR) is 104 cm³/mol. The molecule has 0 bridgehead atoms. The number of hydrogen-bond donors (Lipinski definition) is 1. The Morgan fingerprint density at radius 3 is 2.35 bits per heavy atom. The van der Waals surface area contributed by atoms with Crippen LogP contribution < -0.4 is 14.4 Å². The summed E-state index contributed by atoms with van der Waals surface area (Å²) in [5, 5.41) is 2.79. The molecule has 1 amide bonds. The molecule has 0 atom stereocenters.